The van der Waals surface area contributed by atoms with Crippen molar-refractivity contribution in [1.29, 1.82) is 0 Å². The lowest BCUT2D eigenvalue weighted by Gasteiger charge is -2.01. The number of carbonyl (C=O) groups is 1. The number of rotatable bonds is 1. The third-order valence-corrected chi connectivity index (χ3v) is 5.10. The molecular weight excluding hydrogens is 358 g/mol. The molecule has 1 aromatic carbocycles. The summed E-state index contributed by atoms with van der Waals surface area (Å²) in [7, 11) is 0. The first-order chi connectivity index (χ1) is 13.5. The first-order valence-corrected chi connectivity index (χ1v) is 8.99. The minimum absolute atomic E-state index is 0.200. The summed E-state index contributed by atoms with van der Waals surface area (Å²) >= 11 is 0. The molecule has 3 aromatic heterocycles. The highest BCUT2D eigenvalue weighted by molar-refractivity contribution is 6.12. The van der Waals surface area contributed by atoms with Crippen molar-refractivity contribution in [3.8, 4) is 11.8 Å². The molecular formula is C20H17N5O3. The van der Waals surface area contributed by atoms with Crippen LogP contribution in [0.25, 0.3) is 27.8 Å². The average Bonchev–Trinajstić information content (AvgIpc) is 3.37. The highest BCUT2D eigenvalue weighted by atomic mass is 16.5. The number of aromatic amines is 2. The second-order valence-corrected chi connectivity index (χ2v) is 6.97. The summed E-state index contributed by atoms with van der Waals surface area (Å²) in [5.74, 6) is 5.91. The van der Waals surface area contributed by atoms with Crippen LogP contribution in [0.3, 0.4) is 0 Å². The summed E-state index contributed by atoms with van der Waals surface area (Å²) in [4.78, 5) is 35.2. The van der Waals surface area contributed by atoms with Crippen molar-refractivity contribution in [1.82, 2.24) is 19.4 Å². The fourth-order valence-corrected chi connectivity index (χ4v) is 3.74. The van der Waals surface area contributed by atoms with E-state index < -0.39 is 5.91 Å². The van der Waals surface area contributed by atoms with Gasteiger partial charge in [0.25, 0.3) is 5.91 Å². The van der Waals surface area contributed by atoms with Crippen LogP contribution >= 0.6 is 0 Å². The molecule has 8 nitrogen and oxygen atoms in total. The summed E-state index contributed by atoms with van der Waals surface area (Å²) < 4.78 is 7.12. The molecule has 1 amide bonds. The number of imidazole rings is 1. The zero-order chi connectivity index (χ0) is 19.4. The molecule has 0 saturated carbocycles. The van der Waals surface area contributed by atoms with Crippen molar-refractivity contribution in [2.75, 3.05) is 13.2 Å². The summed E-state index contributed by atoms with van der Waals surface area (Å²) in [5, 5.41) is 0. The zero-order valence-electron chi connectivity index (χ0n) is 15.1. The third-order valence-electron chi connectivity index (χ3n) is 5.10. The molecule has 140 valence electrons. The van der Waals surface area contributed by atoms with E-state index in [2.05, 4.69) is 26.8 Å². The minimum Gasteiger partial charge on any atom is -0.380 e. The zero-order valence-corrected chi connectivity index (χ0v) is 15.1. The number of nitrogens with two attached hydrogens (primary N) is 1. The maximum absolute atomic E-state index is 12.3. The molecule has 1 aliphatic rings. The van der Waals surface area contributed by atoms with E-state index in [0.29, 0.717) is 40.1 Å². The van der Waals surface area contributed by atoms with E-state index in [0.717, 1.165) is 18.6 Å². The van der Waals surface area contributed by atoms with Crippen LogP contribution in [0.2, 0.25) is 0 Å². The molecule has 1 atom stereocenters. The van der Waals surface area contributed by atoms with Gasteiger partial charge < -0.3 is 20.4 Å². The van der Waals surface area contributed by atoms with E-state index in [1.807, 2.05) is 6.92 Å². The van der Waals surface area contributed by atoms with Crippen LogP contribution in [0.5, 0.6) is 0 Å². The lowest BCUT2D eigenvalue weighted by atomic mass is 10.1. The molecule has 0 spiro atoms. The molecule has 0 radical (unpaired) electrons. The molecule has 1 aliphatic heterocycles. The van der Waals surface area contributed by atoms with Gasteiger partial charge in [0.05, 0.1) is 17.6 Å². The third kappa shape index (κ3) is 2.33. The molecule has 28 heavy (non-hydrogen) atoms. The number of amides is 1. The molecule has 8 heteroatoms. The number of nitrogens with one attached hydrogen (secondary N) is 2. The van der Waals surface area contributed by atoms with E-state index in [-0.39, 0.29) is 16.9 Å². The fourth-order valence-electron chi connectivity index (χ4n) is 3.74. The van der Waals surface area contributed by atoms with Crippen LogP contribution in [-0.2, 0) is 4.74 Å². The number of aryl methyl sites for hydroxylation is 1. The maximum atomic E-state index is 12.3. The predicted octanol–water partition coefficient (Wildman–Crippen LogP) is 1.45. The minimum atomic E-state index is -0.619. The first-order valence-electron chi connectivity index (χ1n) is 8.99. The van der Waals surface area contributed by atoms with E-state index in [1.165, 1.54) is 6.07 Å². The van der Waals surface area contributed by atoms with Gasteiger partial charge in [-0.1, -0.05) is 12.0 Å². The Morgan fingerprint density at radius 1 is 1.43 bits per heavy atom. The van der Waals surface area contributed by atoms with Gasteiger partial charge in [0.1, 0.15) is 22.4 Å². The van der Waals surface area contributed by atoms with Crippen molar-refractivity contribution in [3.05, 3.63) is 45.4 Å². The van der Waals surface area contributed by atoms with Crippen molar-refractivity contribution in [2.24, 2.45) is 11.7 Å². The number of ether oxygens (including phenoxy) is 1. The molecule has 5 rings (SSSR count). The summed E-state index contributed by atoms with van der Waals surface area (Å²) in [6, 6.07) is 3.22. The Balaban J connectivity index is 1.84. The van der Waals surface area contributed by atoms with Gasteiger partial charge in [-0.25, -0.2) is 4.98 Å². The number of nitrogens with zero attached hydrogens (tertiary/aromatic N) is 2. The Bertz CT molecular complexity index is 1390. The summed E-state index contributed by atoms with van der Waals surface area (Å²) in [5.41, 5.74) is 9.63. The van der Waals surface area contributed by atoms with Crippen LogP contribution < -0.4 is 11.2 Å². The molecule has 0 aliphatic carbocycles. The van der Waals surface area contributed by atoms with E-state index in [4.69, 9.17) is 10.5 Å². The van der Waals surface area contributed by atoms with Crippen LogP contribution in [0.1, 0.15) is 28.0 Å². The summed E-state index contributed by atoms with van der Waals surface area (Å²) in [6.45, 7) is 3.27. The first kappa shape index (κ1) is 16.6. The Labute approximate surface area is 158 Å². The quantitative estimate of drug-likeness (QED) is 0.436. The molecule has 4 aromatic rings. The molecule has 4 N–H and O–H groups in total. The van der Waals surface area contributed by atoms with Gasteiger partial charge in [-0.2, -0.15) is 0 Å². The topological polar surface area (TPSA) is 118 Å². The van der Waals surface area contributed by atoms with Crippen molar-refractivity contribution < 1.29 is 9.53 Å². The van der Waals surface area contributed by atoms with Crippen molar-refractivity contribution >= 4 is 33.8 Å². The molecule has 1 saturated heterocycles. The number of benzene rings is 1. The van der Waals surface area contributed by atoms with Crippen molar-refractivity contribution in [3.63, 3.8) is 0 Å². The lowest BCUT2D eigenvalue weighted by molar-refractivity contribution is 0.100. The highest BCUT2D eigenvalue weighted by Crippen LogP contribution is 2.28. The summed E-state index contributed by atoms with van der Waals surface area (Å²) in [6.07, 6.45) is 2.62. The van der Waals surface area contributed by atoms with E-state index >= 15 is 0 Å². The largest absolute Gasteiger partial charge is 0.380 e. The van der Waals surface area contributed by atoms with Gasteiger partial charge in [0.2, 0.25) is 5.43 Å². The van der Waals surface area contributed by atoms with Gasteiger partial charge in [0.15, 0.2) is 5.65 Å². The monoisotopic (exact) mass is 375 g/mol. The molecule has 1 fully saturated rings. The Hall–Kier alpha value is -3.57. The number of fused-ring (bicyclic) bond motifs is 5. The number of hydrogen-bond acceptors (Lipinski definition) is 4. The predicted molar refractivity (Wildman–Crippen MR) is 104 cm³/mol. The van der Waals surface area contributed by atoms with Gasteiger partial charge >= 0.3 is 0 Å². The van der Waals surface area contributed by atoms with Crippen LogP contribution in [-0.4, -0.2) is 38.5 Å². The average molecular weight is 375 g/mol. The van der Waals surface area contributed by atoms with Crippen LogP contribution in [0, 0.1) is 24.7 Å². The molecule has 1 unspecified atom stereocenters. The smallest absolute Gasteiger partial charge is 0.254 e. The SMILES string of the molecule is Cc1ccc(=O)c2nc3c(C(N)=O)c4[nH]cc(C#CC5CCOC5)[nH]c4n3c12. The second kappa shape index (κ2) is 5.97. The van der Waals surface area contributed by atoms with Gasteiger partial charge in [-0.3, -0.25) is 14.0 Å². The van der Waals surface area contributed by atoms with Gasteiger partial charge in [0, 0.05) is 18.7 Å². The molecule has 0 bridgehead atoms. The van der Waals surface area contributed by atoms with Crippen LogP contribution in [0.4, 0.5) is 0 Å². The van der Waals surface area contributed by atoms with Crippen LogP contribution in [0.15, 0.2) is 23.1 Å². The fraction of sp³-hybridized carbons (Fsp3) is 0.250. The number of H-pyrrole nitrogens is 2. The van der Waals surface area contributed by atoms with E-state index in [9.17, 15) is 9.59 Å². The Morgan fingerprint density at radius 3 is 3.04 bits per heavy atom. The number of aromatic nitrogens is 4. The standard InChI is InChI=1S/C20H17N5O3/c1-10-2-5-13(26)15-17(10)25-19(24-15)14(18(21)27)16-20(25)23-12(8-22-16)4-3-11-6-7-28-9-11/h2,5,8,11,22-23H,6-7,9H2,1H3,(H2,21,27). The van der Waals surface area contributed by atoms with Gasteiger partial charge in [-0.15, -0.1) is 0 Å². The normalized spacial score (nSPS) is 16.7. The Kier molecular flexibility index (Phi) is 3.54. The second-order valence-electron chi connectivity index (χ2n) is 6.97. The van der Waals surface area contributed by atoms with Gasteiger partial charge in [-0.05, 0) is 30.9 Å². The van der Waals surface area contributed by atoms with Crippen molar-refractivity contribution in [2.45, 2.75) is 13.3 Å². The Morgan fingerprint density at radius 2 is 2.29 bits per heavy atom. The lowest BCUT2D eigenvalue weighted by Crippen LogP contribution is -2.11. The maximum Gasteiger partial charge on any atom is 0.254 e. The highest BCUT2D eigenvalue weighted by Gasteiger charge is 2.23. The number of carbonyl (C=O) groups excluding carboxylic acids is 1. The van der Waals surface area contributed by atoms with E-state index in [1.54, 1.807) is 16.7 Å². The number of hydrogen-bond donors (Lipinski definition) is 3. The number of primary amides is 1. The molecule has 4 heterocycles.